The van der Waals surface area contributed by atoms with E-state index in [2.05, 4.69) is 15.6 Å². The summed E-state index contributed by atoms with van der Waals surface area (Å²) in [6.45, 7) is 4.47. The van der Waals surface area contributed by atoms with Gasteiger partial charge in [-0.3, -0.25) is 9.78 Å². The maximum Gasteiger partial charge on any atom is 0.253 e. The second-order valence-electron chi connectivity index (χ2n) is 5.10. The minimum Gasteiger partial charge on any atom is -0.350 e. The van der Waals surface area contributed by atoms with E-state index in [-0.39, 0.29) is 36.8 Å². The predicted molar refractivity (Wildman–Crippen MR) is 99.8 cm³/mol. The number of likely N-dealkylation sites (N-methyl/N-ethyl adjacent to an activating group) is 1. The number of pyridine rings is 1. The highest BCUT2D eigenvalue weighted by Gasteiger charge is 2.11. The fourth-order valence-corrected chi connectivity index (χ4v) is 2.01. The highest BCUT2D eigenvalue weighted by molar-refractivity contribution is 5.95. The SMILES string of the molecule is CNC(C)CNC(=O)c1ccc(-c2ccccc2)nc1C.Cl.Cl. The molecule has 126 valence electrons. The van der Waals surface area contributed by atoms with Crippen LogP contribution in [0.5, 0.6) is 0 Å². The zero-order valence-corrected chi connectivity index (χ0v) is 15.1. The molecule has 0 saturated carbocycles. The topological polar surface area (TPSA) is 54.0 Å². The number of nitrogens with zero attached hydrogens (tertiary/aromatic N) is 1. The first-order valence-electron chi connectivity index (χ1n) is 7.10. The summed E-state index contributed by atoms with van der Waals surface area (Å²) >= 11 is 0. The second-order valence-corrected chi connectivity index (χ2v) is 5.10. The van der Waals surface area contributed by atoms with Crippen LogP contribution in [0.4, 0.5) is 0 Å². The molecule has 0 fully saturated rings. The van der Waals surface area contributed by atoms with Crippen LogP contribution >= 0.6 is 24.8 Å². The van der Waals surface area contributed by atoms with Gasteiger partial charge in [-0.2, -0.15) is 0 Å². The van der Waals surface area contributed by atoms with Crippen molar-refractivity contribution in [3.8, 4) is 11.3 Å². The third-order valence-corrected chi connectivity index (χ3v) is 3.46. The third-order valence-electron chi connectivity index (χ3n) is 3.46. The Kier molecular flexibility index (Phi) is 9.49. The van der Waals surface area contributed by atoms with Gasteiger partial charge in [0.05, 0.1) is 17.0 Å². The van der Waals surface area contributed by atoms with Gasteiger partial charge in [0, 0.05) is 18.2 Å². The molecular formula is C17H23Cl2N3O. The van der Waals surface area contributed by atoms with Gasteiger partial charge >= 0.3 is 0 Å². The third kappa shape index (κ3) is 5.82. The molecule has 1 heterocycles. The summed E-state index contributed by atoms with van der Waals surface area (Å²) in [6, 6.07) is 13.9. The monoisotopic (exact) mass is 355 g/mol. The lowest BCUT2D eigenvalue weighted by Gasteiger charge is -2.12. The highest BCUT2D eigenvalue weighted by Crippen LogP contribution is 2.18. The van der Waals surface area contributed by atoms with Crippen LogP contribution in [0.1, 0.15) is 23.0 Å². The van der Waals surface area contributed by atoms with Crippen LogP contribution in [0.15, 0.2) is 42.5 Å². The van der Waals surface area contributed by atoms with Gasteiger partial charge < -0.3 is 10.6 Å². The number of aromatic nitrogens is 1. The molecule has 1 amide bonds. The van der Waals surface area contributed by atoms with Gasteiger partial charge in [0.25, 0.3) is 5.91 Å². The number of carbonyl (C=O) groups excluding carboxylic acids is 1. The summed E-state index contributed by atoms with van der Waals surface area (Å²) in [5.74, 6) is -0.0817. The zero-order chi connectivity index (χ0) is 15.2. The Hall–Kier alpha value is -1.62. The van der Waals surface area contributed by atoms with Gasteiger partial charge in [-0.15, -0.1) is 24.8 Å². The summed E-state index contributed by atoms with van der Waals surface area (Å²) in [5.41, 5.74) is 3.30. The lowest BCUT2D eigenvalue weighted by Crippen LogP contribution is -2.37. The first kappa shape index (κ1) is 21.4. The van der Waals surface area contributed by atoms with E-state index in [4.69, 9.17) is 0 Å². The fourth-order valence-electron chi connectivity index (χ4n) is 2.01. The lowest BCUT2D eigenvalue weighted by atomic mass is 10.1. The first-order valence-corrected chi connectivity index (χ1v) is 7.10. The van der Waals surface area contributed by atoms with Gasteiger partial charge in [-0.05, 0) is 33.0 Å². The van der Waals surface area contributed by atoms with Crippen LogP contribution in [0.2, 0.25) is 0 Å². The zero-order valence-electron chi connectivity index (χ0n) is 13.5. The average molecular weight is 356 g/mol. The predicted octanol–water partition coefficient (Wildman–Crippen LogP) is 3.24. The average Bonchev–Trinajstić information content (AvgIpc) is 2.53. The Bertz CT molecular complexity index is 620. The number of hydrogen-bond donors (Lipinski definition) is 2. The van der Waals surface area contributed by atoms with Gasteiger partial charge in [0.15, 0.2) is 0 Å². The number of aryl methyl sites for hydroxylation is 1. The van der Waals surface area contributed by atoms with Gasteiger partial charge in [0.1, 0.15) is 0 Å². The van der Waals surface area contributed by atoms with Crippen molar-refractivity contribution < 1.29 is 4.79 Å². The Morgan fingerprint density at radius 2 is 1.78 bits per heavy atom. The molecule has 0 aliphatic rings. The Morgan fingerprint density at radius 1 is 1.13 bits per heavy atom. The van der Waals surface area contributed by atoms with Gasteiger partial charge in [-0.25, -0.2) is 0 Å². The molecule has 0 aliphatic carbocycles. The van der Waals surface area contributed by atoms with Crippen LogP contribution in [0, 0.1) is 6.92 Å². The summed E-state index contributed by atoms with van der Waals surface area (Å²) < 4.78 is 0. The van der Waals surface area contributed by atoms with E-state index in [1.807, 2.05) is 63.4 Å². The van der Waals surface area contributed by atoms with E-state index in [0.29, 0.717) is 12.1 Å². The van der Waals surface area contributed by atoms with E-state index in [1.54, 1.807) is 0 Å². The van der Waals surface area contributed by atoms with Crippen molar-refractivity contribution in [3.05, 3.63) is 53.7 Å². The summed E-state index contributed by atoms with van der Waals surface area (Å²) in [6.07, 6.45) is 0. The molecule has 0 spiro atoms. The number of nitrogens with one attached hydrogen (secondary N) is 2. The number of amides is 1. The highest BCUT2D eigenvalue weighted by atomic mass is 35.5. The van der Waals surface area contributed by atoms with Crippen LogP contribution in [0.25, 0.3) is 11.3 Å². The van der Waals surface area contributed by atoms with Crippen LogP contribution in [-0.4, -0.2) is 30.5 Å². The van der Waals surface area contributed by atoms with E-state index in [0.717, 1.165) is 17.0 Å². The summed E-state index contributed by atoms with van der Waals surface area (Å²) in [4.78, 5) is 16.7. The van der Waals surface area contributed by atoms with Crippen molar-refractivity contribution in [1.82, 2.24) is 15.6 Å². The molecule has 0 aliphatic heterocycles. The van der Waals surface area contributed by atoms with Crippen molar-refractivity contribution in [2.24, 2.45) is 0 Å². The van der Waals surface area contributed by atoms with E-state index >= 15 is 0 Å². The Morgan fingerprint density at radius 3 is 2.35 bits per heavy atom. The molecule has 2 rings (SSSR count). The number of benzene rings is 1. The molecule has 4 nitrogen and oxygen atoms in total. The smallest absolute Gasteiger partial charge is 0.253 e. The van der Waals surface area contributed by atoms with Gasteiger partial charge in [0.2, 0.25) is 0 Å². The van der Waals surface area contributed by atoms with Crippen molar-refractivity contribution in [1.29, 1.82) is 0 Å². The maximum atomic E-state index is 12.2. The van der Waals surface area contributed by atoms with Crippen LogP contribution < -0.4 is 10.6 Å². The van der Waals surface area contributed by atoms with Crippen LogP contribution in [-0.2, 0) is 0 Å². The minimum absolute atomic E-state index is 0. The quantitative estimate of drug-likeness (QED) is 0.865. The molecule has 1 aromatic heterocycles. The molecule has 6 heteroatoms. The largest absolute Gasteiger partial charge is 0.350 e. The molecule has 0 saturated heterocycles. The molecule has 1 atom stereocenters. The molecule has 2 N–H and O–H groups in total. The van der Waals surface area contributed by atoms with Crippen LogP contribution in [0.3, 0.4) is 0 Å². The van der Waals surface area contributed by atoms with Crippen molar-refractivity contribution in [3.63, 3.8) is 0 Å². The summed E-state index contributed by atoms with van der Waals surface area (Å²) in [7, 11) is 1.87. The number of halogens is 2. The molecule has 23 heavy (non-hydrogen) atoms. The number of carbonyl (C=O) groups is 1. The van der Waals surface area contributed by atoms with Gasteiger partial charge in [-0.1, -0.05) is 30.3 Å². The van der Waals surface area contributed by atoms with E-state index in [1.165, 1.54) is 0 Å². The fraction of sp³-hybridized carbons (Fsp3) is 0.294. The minimum atomic E-state index is -0.0817. The standard InChI is InChI=1S/C17H21N3O.2ClH/c1-12(18-3)11-19-17(21)15-9-10-16(20-13(15)2)14-7-5-4-6-8-14;;/h4-10,12,18H,11H2,1-3H3,(H,19,21);2*1H. The Balaban J connectivity index is 0.00000242. The summed E-state index contributed by atoms with van der Waals surface area (Å²) in [5, 5.41) is 5.99. The second kappa shape index (κ2) is 10.2. The maximum absolute atomic E-state index is 12.2. The number of rotatable bonds is 5. The van der Waals surface area contributed by atoms with Crippen molar-refractivity contribution >= 4 is 30.7 Å². The molecule has 1 unspecified atom stereocenters. The van der Waals surface area contributed by atoms with Crippen molar-refractivity contribution in [2.75, 3.05) is 13.6 Å². The van der Waals surface area contributed by atoms with E-state index < -0.39 is 0 Å². The molecule has 1 aromatic carbocycles. The van der Waals surface area contributed by atoms with E-state index in [9.17, 15) is 4.79 Å². The molecule has 2 aromatic rings. The number of hydrogen-bond acceptors (Lipinski definition) is 3. The molecule has 0 radical (unpaired) electrons. The first-order chi connectivity index (χ1) is 10.1. The lowest BCUT2D eigenvalue weighted by molar-refractivity contribution is 0.0949. The molecule has 0 bridgehead atoms. The molecular weight excluding hydrogens is 333 g/mol. The Labute approximate surface area is 149 Å². The normalized spacial score (nSPS) is 10.9. The van der Waals surface area contributed by atoms with Crippen molar-refractivity contribution in [2.45, 2.75) is 19.9 Å².